The number of rotatable bonds is 2. The smallest absolute Gasteiger partial charge is 0.421 e. The second-order valence-electron chi connectivity index (χ2n) is 5.60. The van der Waals surface area contributed by atoms with Gasteiger partial charge in [0.2, 0.25) is 5.88 Å². The van der Waals surface area contributed by atoms with E-state index < -0.39 is 17.6 Å². The van der Waals surface area contributed by atoms with Gasteiger partial charge in [-0.05, 0) is 67.5 Å². The van der Waals surface area contributed by atoms with Gasteiger partial charge in [0, 0.05) is 6.20 Å². The van der Waals surface area contributed by atoms with Crippen molar-refractivity contribution in [3.05, 3.63) is 52.7 Å². The van der Waals surface area contributed by atoms with Gasteiger partial charge in [0.15, 0.2) is 0 Å². The van der Waals surface area contributed by atoms with Gasteiger partial charge in [-0.15, -0.1) is 0 Å². The highest BCUT2D eigenvalue weighted by atomic mass is 19.4. The number of halogens is 3. The Balaban J connectivity index is 1.93. The monoisotopic (exact) mass is 307 g/mol. The maximum absolute atomic E-state index is 13.1. The molecule has 1 aliphatic rings. The van der Waals surface area contributed by atoms with Crippen LogP contribution in [0.1, 0.15) is 35.1 Å². The van der Waals surface area contributed by atoms with E-state index >= 15 is 0 Å². The van der Waals surface area contributed by atoms with E-state index in [0.29, 0.717) is 11.3 Å². The average molecular weight is 307 g/mol. The van der Waals surface area contributed by atoms with E-state index in [0.717, 1.165) is 37.3 Å². The summed E-state index contributed by atoms with van der Waals surface area (Å²) in [5, 5.41) is 0. The average Bonchev–Trinajstić information content (AvgIpc) is 2.48. The van der Waals surface area contributed by atoms with Gasteiger partial charge in [0.05, 0.1) is 0 Å². The molecule has 1 heterocycles. The predicted molar refractivity (Wildman–Crippen MR) is 77.1 cm³/mol. The fourth-order valence-electron chi connectivity index (χ4n) is 2.73. The van der Waals surface area contributed by atoms with Gasteiger partial charge < -0.3 is 4.74 Å². The Kier molecular flexibility index (Phi) is 3.81. The fraction of sp³-hybridized carbons (Fsp3) is 0.353. The number of benzene rings is 1. The molecule has 22 heavy (non-hydrogen) atoms. The number of hydrogen-bond acceptors (Lipinski definition) is 2. The van der Waals surface area contributed by atoms with Crippen molar-refractivity contribution >= 4 is 0 Å². The summed E-state index contributed by atoms with van der Waals surface area (Å²) in [7, 11) is 0. The van der Waals surface area contributed by atoms with Crippen molar-refractivity contribution in [3.8, 4) is 11.6 Å². The fourth-order valence-corrected chi connectivity index (χ4v) is 2.73. The molecule has 0 aliphatic heterocycles. The molecular formula is C17H16F3NO. The number of hydrogen-bond donors (Lipinski definition) is 0. The molecule has 0 bridgehead atoms. The summed E-state index contributed by atoms with van der Waals surface area (Å²) in [6.45, 7) is 1.57. The minimum absolute atomic E-state index is 0.395. The third kappa shape index (κ3) is 3.08. The Hall–Kier alpha value is -2.04. The third-order valence-electron chi connectivity index (χ3n) is 3.83. The van der Waals surface area contributed by atoms with E-state index in [1.165, 1.54) is 11.8 Å². The van der Waals surface area contributed by atoms with Crippen LogP contribution in [0.15, 0.2) is 30.5 Å². The number of aryl methyl sites for hydroxylation is 3. The Bertz CT molecular complexity index is 695. The summed E-state index contributed by atoms with van der Waals surface area (Å²) in [5.41, 5.74) is 2.02. The van der Waals surface area contributed by atoms with E-state index in [-0.39, 0.29) is 0 Å². The van der Waals surface area contributed by atoms with E-state index in [4.69, 9.17) is 4.74 Å². The third-order valence-corrected chi connectivity index (χ3v) is 3.83. The van der Waals surface area contributed by atoms with Crippen LogP contribution in [-0.2, 0) is 19.0 Å². The maximum atomic E-state index is 13.1. The van der Waals surface area contributed by atoms with E-state index in [1.807, 2.05) is 12.1 Å². The first-order valence-corrected chi connectivity index (χ1v) is 7.27. The number of pyridine rings is 1. The van der Waals surface area contributed by atoms with Crippen LogP contribution in [0, 0.1) is 6.92 Å². The highest BCUT2D eigenvalue weighted by Gasteiger charge is 2.35. The molecule has 1 aliphatic carbocycles. The first-order chi connectivity index (χ1) is 10.4. The van der Waals surface area contributed by atoms with Gasteiger partial charge >= 0.3 is 6.18 Å². The van der Waals surface area contributed by atoms with Crippen LogP contribution in [0.4, 0.5) is 13.2 Å². The van der Waals surface area contributed by atoms with Crippen molar-refractivity contribution in [1.29, 1.82) is 0 Å². The summed E-state index contributed by atoms with van der Waals surface area (Å²) in [6, 6.07) is 6.54. The second-order valence-corrected chi connectivity index (χ2v) is 5.60. The molecule has 0 saturated heterocycles. The van der Waals surface area contributed by atoms with Crippen LogP contribution in [0.3, 0.4) is 0 Å². The molecule has 0 spiro atoms. The van der Waals surface area contributed by atoms with Crippen LogP contribution in [0.5, 0.6) is 11.6 Å². The number of nitrogens with zero attached hydrogens (tertiary/aromatic N) is 1. The molecule has 5 heteroatoms. The highest BCUT2D eigenvalue weighted by molar-refractivity contribution is 5.41. The normalized spacial score (nSPS) is 14.5. The van der Waals surface area contributed by atoms with E-state index in [2.05, 4.69) is 4.98 Å². The summed E-state index contributed by atoms with van der Waals surface area (Å²) in [5.74, 6) is 0.0105. The summed E-state index contributed by atoms with van der Waals surface area (Å²) in [4.78, 5) is 3.81. The lowest BCUT2D eigenvalue weighted by Gasteiger charge is -2.17. The first-order valence-electron chi connectivity index (χ1n) is 7.27. The molecule has 2 nitrogen and oxygen atoms in total. The summed E-state index contributed by atoms with van der Waals surface area (Å²) < 4.78 is 44.7. The lowest BCUT2D eigenvalue weighted by molar-refractivity contribution is -0.138. The molecule has 0 N–H and O–H groups in total. The predicted octanol–water partition coefficient (Wildman–Crippen LogP) is 5.08. The molecule has 0 radical (unpaired) electrons. The lowest BCUT2D eigenvalue weighted by atomic mass is 9.92. The zero-order chi connectivity index (χ0) is 15.7. The second kappa shape index (κ2) is 5.63. The minimum Gasteiger partial charge on any atom is -0.438 e. The topological polar surface area (TPSA) is 22.1 Å². The Morgan fingerprint density at radius 2 is 1.77 bits per heavy atom. The number of alkyl halides is 3. The zero-order valence-electron chi connectivity index (χ0n) is 12.2. The highest BCUT2D eigenvalue weighted by Crippen LogP contribution is 2.37. The molecule has 1 aromatic carbocycles. The van der Waals surface area contributed by atoms with E-state index in [1.54, 1.807) is 13.0 Å². The van der Waals surface area contributed by atoms with Gasteiger partial charge in [0.25, 0.3) is 0 Å². The molecular weight excluding hydrogens is 291 g/mol. The minimum atomic E-state index is -4.48. The Morgan fingerprint density at radius 1 is 1.05 bits per heavy atom. The van der Waals surface area contributed by atoms with Crippen molar-refractivity contribution in [2.45, 2.75) is 38.8 Å². The summed E-state index contributed by atoms with van der Waals surface area (Å²) >= 11 is 0. The van der Waals surface area contributed by atoms with Crippen LogP contribution in [-0.4, -0.2) is 4.98 Å². The standard InChI is InChI=1S/C17H16F3NO/c1-11-8-15(17(18,19)20)16(21-10-11)22-14-7-6-12-4-2-3-5-13(12)9-14/h6-10H,2-5H2,1H3. The quantitative estimate of drug-likeness (QED) is 0.772. The molecule has 0 amide bonds. The first kappa shape index (κ1) is 14.9. The van der Waals surface area contributed by atoms with Crippen molar-refractivity contribution < 1.29 is 17.9 Å². The lowest BCUT2D eigenvalue weighted by Crippen LogP contribution is -2.09. The zero-order valence-corrected chi connectivity index (χ0v) is 12.2. The van der Waals surface area contributed by atoms with Gasteiger partial charge in [0.1, 0.15) is 11.3 Å². The van der Waals surface area contributed by atoms with Crippen molar-refractivity contribution in [1.82, 2.24) is 4.98 Å². The number of fused-ring (bicyclic) bond motifs is 1. The van der Waals surface area contributed by atoms with Crippen molar-refractivity contribution in [2.24, 2.45) is 0 Å². The SMILES string of the molecule is Cc1cnc(Oc2ccc3c(c2)CCCC3)c(C(F)(F)F)c1. The van der Waals surface area contributed by atoms with Crippen LogP contribution in [0.25, 0.3) is 0 Å². The molecule has 2 aromatic rings. The van der Waals surface area contributed by atoms with Crippen LogP contribution >= 0.6 is 0 Å². The largest absolute Gasteiger partial charge is 0.438 e. The molecule has 116 valence electrons. The van der Waals surface area contributed by atoms with Gasteiger partial charge in [-0.2, -0.15) is 13.2 Å². The van der Waals surface area contributed by atoms with E-state index in [9.17, 15) is 13.2 Å². The molecule has 3 rings (SSSR count). The van der Waals surface area contributed by atoms with Gasteiger partial charge in [-0.3, -0.25) is 0 Å². The molecule has 0 atom stereocenters. The summed E-state index contributed by atoms with van der Waals surface area (Å²) in [6.07, 6.45) is 1.12. The molecule has 0 unspecified atom stereocenters. The molecule has 0 fully saturated rings. The molecule has 0 saturated carbocycles. The molecule has 1 aromatic heterocycles. The Labute approximate surface area is 127 Å². The number of ether oxygens (including phenoxy) is 1. The van der Waals surface area contributed by atoms with Crippen LogP contribution < -0.4 is 4.74 Å². The maximum Gasteiger partial charge on any atom is 0.421 e. The van der Waals surface area contributed by atoms with Crippen molar-refractivity contribution in [2.75, 3.05) is 0 Å². The van der Waals surface area contributed by atoms with Gasteiger partial charge in [-0.1, -0.05) is 6.07 Å². The number of aromatic nitrogens is 1. The Morgan fingerprint density at radius 3 is 2.50 bits per heavy atom. The van der Waals surface area contributed by atoms with Crippen molar-refractivity contribution in [3.63, 3.8) is 0 Å². The van der Waals surface area contributed by atoms with Crippen LogP contribution in [0.2, 0.25) is 0 Å². The van der Waals surface area contributed by atoms with Gasteiger partial charge in [-0.25, -0.2) is 4.98 Å².